The molecule has 0 aromatic heterocycles. The van der Waals surface area contributed by atoms with Gasteiger partial charge in [-0.15, -0.1) is 0 Å². The zero-order valence-corrected chi connectivity index (χ0v) is 14.0. The Hall–Kier alpha value is -2.17. The highest BCUT2D eigenvalue weighted by atomic mass is 16.6. The Morgan fingerprint density at radius 3 is 2.43 bits per heavy atom. The first-order chi connectivity index (χ1) is 10.9. The Bertz CT molecular complexity index is 636. The Balaban J connectivity index is 1.65. The van der Waals surface area contributed by atoms with Crippen LogP contribution in [0.15, 0.2) is 46.6 Å². The summed E-state index contributed by atoms with van der Waals surface area (Å²) in [6.07, 6.45) is 3.47. The zero-order chi connectivity index (χ0) is 16.5. The van der Waals surface area contributed by atoms with E-state index >= 15 is 0 Å². The lowest BCUT2D eigenvalue weighted by molar-refractivity contribution is 0.0187. The van der Waals surface area contributed by atoms with E-state index in [1.165, 1.54) is 0 Å². The topological polar surface area (TPSA) is 54.3 Å². The molecule has 0 N–H and O–H groups in total. The van der Waals surface area contributed by atoms with Gasteiger partial charge in [-0.25, -0.2) is 4.79 Å². The van der Waals surface area contributed by atoms with Crippen molar-refractivity contribution in [2.24, 2.45) is 10.2 Å². The molecule has 5 heteroatoms. The van der Waals surface area contributed by atoms with Gasteiger partial charge in [0.2, 0.25) is 0 Å². The molecule has 2 heterocycles. The maximum atomic E-state index is 12.1. The molecule has 5 nitrogen and oxygen atoms in total. The monoisotopic (exact) mass is 313 g/mol. The van der Waals surface area contributed by atoms with Gasteiger partial charge in [0.15, 0.2) is 0 Å². The van der Waals surface area contributed by atoms with Crippen LogP contribution in [0.2, 0.25) is 0 Å². The minimum atomic E-state index is -0.459. The number of carbonyl (C=O) groups excluding carboxylic acids is 1. The molecule has 0 radical (unpaired) electrons. The van der Waals surface area contributed by atoms with Crippen molar-refractivity contribution in [1.82, 2.24) is 4.90 Å². The van der Waals surface area contributed by atoms with E-state index in [1.807, 2.05) is 51.1 Å². The Morgan fingerprint density at radius 1 is 1.17 bits per heavy atom. The van der Waals surface area contributed by atoms with E-state index in [1.54, 1.807) is 4.90 Å². The standard InChI is InChI=1S/C18H23N3O2/c1-17(2,3)23-16(22)21-11-9-18(10-12-21)13-15(19-20-18)14-7-5-4-6-8-14/h4-8,13H,9-12H2,1-3H3. The lowest BCUT2D eigenvalue weighted by Crippen LogP contribution is -2.46. The fourth-order valence-electron chi connectivity index (χ4n) is 2.86. The predicted octanol–water partition coefficient (Wildman–Crippen LogP) is 4.26. The van der Waals surface area contributed by atoms with Gasteiger partial charge in [0.1, 0.15) is 11.1 Å². The van der Waals surface area contributed by atoms with Crippen molar-refractivity contribution < 1.29 is 9.53 Å². The summed E-state index contributed by atoms with van der Waals surface area (Å²) in [4.78, 5) is 13.9. The molecular formula is C18H23N3O2. The molecule has 23 heavy (non-hydrogen) atoms. The molecule has 0 saturated carbocycles. The van der Waals surface area contributed by atoms with Gasteiger partial charge in [-0.3, -0.25) is 0 Å². The van der Waals surface area contributed by atoms with Gasteiger partial charge in [-0.2, -0.15) is 10.2 Å². The SMILES string of the molecule is CC(C)(C)OC(=O)N1CCC2(C=C(c3ccccc3)N=N2)CC1. The molecule has 0 unspecified atom stereocenters. The molecule has 1 fully saturated rings. The summed E-state index contributed by atoms with van der Waals surface area (Å²) in [5, 5.41) is 8.87. The van der Waals surface area contributed by atoms with E-state index in [9.17, 15) is 4.79 Å². The van der Waals surface area contributed by atoms with Crippen LogP contribution in [0.25, 0.3) is 5.70 Å². The number of benzene rings is 1. The molecule has 1 aromatic rings. The van der Waals surface area contributed by atoms with Crippen molar-refractivity contribution in [2.45, 2.75) is 44.8 Å². The second-order valence-corrected chi connectivity index (χ2v) is 7.17. The molecule has 1 aromatic carbocycles. The maximum absolute atomic E-state index is 12.1. The first-order valence-corrected chi connectivity index (χ1v) is 8.06. The Labute approximate surface area is 137 Å². The molecule has 2 aliphatic heterocycles. The fourth-order valence-corrected chi connectivity index (χ4v) is 2.86. The lowest BCUT2D eigenvalue weighted by Gasteiger charge is -2.36. The Morgan fingerprint density at radius 2 is 1.83 bits per heavy atom. The van der Waals surface area contributed by atoms with Gasteiger partial charge < -0.3 is 9.64 Å². The molecule has 1 saturated heterocycles. The minimum Gasteiger partial charge on any atom is -0.444 e. The Kier molecular flexibility index (Phi) is 3.96. The second kappa shape index (κ2) is 5.80. The first-order valence-electron chi connectivity index (χ1n) is 8.06. The minimum absolute atomic E-state index is 0.241. The number of hydrogen-bond acceptors (Lipinski definition) is 4. The van der Waals surface area contributed by atoms with E-state index in [4.69, 9.17) is 4.74 Å². The number of nitrogens with zero attached hydrogens (tertiary/aromatic N) is 3. The van der Waals surface area contributed by atoms with Crippen molar-refractivity contribution in [3.05, 3.63) is 42.0 Å². The molecule has 3 rings (SSSR count). The molecule has 1 amide bonds. The van der Waals surface area contributed by atoms with Crippen molar-refractivity contribution in [3.63, 3.8) is 0 Å². The summed E-state index contributed by atoms with van der Waals surface area (Å²) in [6.45, 7) is 6.95. The predicted molar refractivity (Wildman–Crippen MR) is 89.0 cm³/mol. The van der Waals surface area contributed by atoms with Crippen LogP contribution in [0.1, 0.15) is 39.2 Å². The summed E-state index contributed by atoms with van der Waals surface area (Å²) in [5.41, 5.74) is 1.29. The van der Waals surface area contributed by atoms with Crippen LogP contribution in [0.5, 0.6) is 0 Å². The number of likely N-dealkylation sites (tertiary alicyclic amines) is 1. The number of azo groups is 1. The molecular weight excluding hydrogens is 290 g/mol. The van der Waals surface area contributed by atoms with Crippen molar-refractivity contribution >= 4 is 11.8 Å². The van der Waals surface area contributed by atoms with Gasteiger partial charge in [0, 0.05) is 18.7 Å². The van der Waals surface area contributed by atoms with E-state index < -0.39 is 5.60 Å². The van der Waals surface area contributed by atoms with Gasteiger partial charge in [-0.1, -0.05) is 30.3 Å². The zero-order valence-electron chi connectivity index (χ0n) is 14.0. The molecule has 0 bridgehead atoms. The number of amides is 1. The molecule has 0 aliphatic carbocycles. The summed E-state index contributed by atoms with van der Waals surface area (Å²) in [5.74, 6) is 0. The van der Waals surface area contributed by atoms with Crippen molar-refractivity contribution in [2.75, 3.05) is 13.1 Å². The highest BCUT2D eigenvalue weighted by Gasteiger charge is 2.38. The van der Waals surface area contributed by atoms with Crippen LogP contribution in [0.4, 0.5) is 4.79 Å². The molecule has 0 atom stereocenters. The summed E-state index contributed by atoms with van der Waals surface area (Å²) in [6, 6.07) is 10.1. The number of piperidine rings is 1. The maximum Gasteiger partial charge on any atom is 0.410 e. The number of ether oxygens (including phenoxy) is 1. The van der Waals surface area contributed by atoms with Crippen LogP contribution in [0, 0.1) is 0 Å². The first kappa shape index (κ1) is 15.7. The smallest absolute Gasteiger partial charge is 0.410 e. The second-order valence-electron chi connectivity index (χ2n) is 7.17. The normalized spacial score (nSPS) is 19.8. The average molecular weight is 313 g/mol. The average Bonchev–Trinajstić information content (AvgIpc) is 2.91. The summed E-state index contributed by atoms with van der Waals surface area (Å²) < 4.78 is 5.44. The fraction of sp³-hybridized carbons (Fsp3) is 0.500. The number of hydrogen-bond donors (Lipinski definition) is 0. The third kappa shape index (κ3) is 3.60. The van der Waals surface area contributed by atoms with E-state index in [-0.39, 0.29) is 11.6 Å². The van der Waals surface area contributed by atoms with Crippen LogP contribution in [-0.4, -0.2) is 35.2 Å². The van der Waals surface area contributed by atoms with Gasteiger partial charge in [0.25, 0.3) is 0 Å². The van der Waals surface area contributed by atoms with Gasteiger partial charge in [-0.05, 0) is 39.7 Å². The summed E-state index contributed by atoms with van der Waals surface area (Å²) in [7, 11) is 0. The van der Waals surface area contributed by atoms with Crippen LogP contribution in [0.3, 0.4) is 0 Å². The van der Waals surface area contributed by atoms with Crippen molar-refractivity contribution in [3.8, 4) is 0 Å². The summed E-state index contributed by atoms with van der Waals surface area (Å²) >= 11 is 0. The largest absolute Gasteiger partial charge is 0.444 e. The third-order valence-electron chi connectivity index (χ3n) is 4.11. The third-order valence-corrected chi connectivity index (χ3v) is 4.11. The van der Waals surface area contributed by atoms with Crippen LogP contribution < -0.4 is 0 Å². The molecule has 1 spiro atoms. The molecule has 122 valence electrons. The van der Waals surface area contributed by atoms with E-state index in [0.717, 1.165) is 24.1 Å². The van der Waals surface area contributed by atoms with E-state index in [0.29, 0.717) is 13.1 Å². The quantitative estimate of drug-likeness (QED) is 0.777. The molecule has 2 aliphatic rings. The lowest BCUT2D eigenvalue weighted by atomic mass is 9.87. The van der Waals surface area contributed by atoms with Gasteiger partial charge in [0.05, 0.1) is 5.70 Å². The van der Waals surface area contributed by atoms with Gasteiger partial charge >= 0.3 is 6.09 Å². The van der Waals surface area contributed by atoms with Crippen LogP contribution in [-0.2, 0) is 4.74 Å². The van der Waals surface area contributed by atoms with E-state index in [2.05, 4.69) is 16.3 Å². The highest BCUT2D eigenvalue weighted by molar-refractivity contribution is 5.69. The highest BCUT2D eigenvalue weighted by Crippen LogP contribution is 2.37. The van der Waals surface area contributed by atoms with Crippen molar-refractivity contribution in [1.29, 1.82) is 0 Å². The number of carbonyl (C=O) groups is 1. The van der Waals surface area contributed by atoms with Crippen LogP contribution >= 0.6 is 0 Å². The number of rotatable bonds is 1.